The van der Waals surface area contributed by atoms with E-state index in [0.29, 0.717) is 12.3 Å². The Bertz CT molecular complexity index is 147. The van der Waals surface area contributed by atoms with Crippen molar-refractivity contribution in [1.29, 1.82) is 0 Å². The minimum atomic E-state index is -0.216. The van der Waals surface area contributed by atoms with Crippen molar-refractivity contribution < 1.29 is 4.79 Å². The normalized spacial score (nSPS) is 23.9. The van der Waals surface area contributed by atoms with E-state index in [1.807, 2.05) is 6.92 Å². The van der Waals surface area contributed by atoms with Crippen molar-refractivity contribution >= 4 is 5.78 Å². The number of nitrogens with two attached hydrogens (primary N) is 1. The molecule has 1 fully saturated rings. The molecule has 0 aromatic carbocycles. The molecule has 58 valence electrons. The first kappa shape index (κ1) is 7.73. The van der Waals surface area contributed by atoms with Gasteiger partial charge in [-0.05, 0) is 32.6 Å². The summed E-state index contributed by atoms with van der Waals surface area (Å²) >= 11 is 0. The molecule has 0 radical (unpaired) electrons. The van der Waals surface area contributed by atoms with Crippen molar-refractivity contribution in [3.8, 4) is 0 Å². The van der Waals surface area contributed by atoms with Crippen LogP contribution < -0.4 is 5.73 Å². The summed E-state index contributed by atoms with van der Waals surface area (Å²) in [5.41, 5.74) is 5.69. The Balaban J connectivity index is 2.41. The van der Waals surface area contributed by atoms with Crippen molar-refractivity contribution in [1.82, 2.24) is 0 Å². The highest BCUT2D eigenvalue weighted by molar-refractivity contribution is 5.76. The van der Waals surface area contributed by atoms with E-state index in [-0.39, 0.29) is 11.3 Å². The van der Waals surface area contributed by atoms with Crippen LogP contribution in [0.2, 0.25) is 0 Å². The summed E-state index contributed by atoms with van der Waals surface area (Å²) in [6.07, 6.45) is 2.96. The summed E-state index contributed by atoms with van der Waals surface area (Å²) in [6, 6.07) is 0. The van der Waals surface area contributed by atoms with Gasteiger partial charge in [-0.15, -0.1) is 0 Å². The molecule has 0 spiro atoms. The molecule has 0 aromatic heterocycles. The third kappa shape index (κ3) is 1.81. The molecular weight excluding hydrogens is 126 g/mol. The van der Waals surface area contributed by atoms with Crippen molar-refractivity contribution in [3.63, 3.8) is 0 Å². The Hall–Kier alpha value is -0.370. The molecule has 10 heavy (non-hydrogen) atoms. The first-order chi connectivity index (χ1) is 4.52. The van der Waals surface area contributed by atoms with Crippen LogP contribution in [0.4, 0.5) is 0 Å². The smallest absolute Gasteiger partial charge is 0.131 e. The van der Waals surface area contributed by atoms with Crippen LogP contribution in [0, 0.1) is 5.92 Å². The summed E-state index contributed by atoms with van der Waals surface area (Å²) in [5, 5.41) is 0. The van der Waals surface area contributed by atoms with Gasteiger partial charge in [0.05, 0.1) is 0 Å². The number of hydrogen-bond donors (Lipinski definition) is 1. The number of carbonyl (C=O) groups is 1. The molecule has 0 heterocycles. The highest BCUT2D eigenvalue weighted by Gasteiger charge is 2.38. The number of Topliss-reactive ketones (excluding diaryl/α,β-unsaturated/α-hetero) is 1. The van der Waals surface area contributed by atoms with Crippen LogP contribution in [0.15, 0.2) is 0 Å². The first-order valence-electron chi connectivity index (χ1n) is 3.81. The maximum atomic E-state index is 10.7. The zero-order valence-corrected chi connectivity index (χ0v) is 6.68. The van der Waals surface area contributed by atoms with Crippen molar-refractivity contribution in [2.45, 2.75) is 38.6 Å². The monoisotopic (exact) mass is 141 g/mol. The number of ketones is 1. The lowest BCUT2D eigenvalue weighted by molar-refractivity contribution is -0.118. The standard InChI is InChI=1S/C8H15NO/c1-6(10)5-8(2,9)7-3-4-7/h7H,3-5,9H2,1-2H3. The van der Waals surface area contributed by atoms with Gasteiger partial charge in [0.15, 0.2) is 0 Å². The van der Waals surface area contributed by atoms with Crippen LogP contribution in [-0.2, 0) is 4.79 Å². The second-order valence-electron chi connectivity index (χ2n) is 3.66. The molecule has 0 amide bonds. The van der Waals surface area contributed by atoms with Crippen LogP contribution in [0.3, 0.4) is 0 Å². The van der Waals surface area contributed by atoms with E-state index < -0.39 is 0 Å². The fourth-order valence-electron chi connectivity index (χ4n) is 1.42. The lowest BCUT2D eigenvalue weighted by atomic mass is 9.91. The van der Waals surface area contributed by atoms with Crippen molar-refractivity contribution in [3.05, 3.63) is 0 Å². The fraction of sp³-hybridized carbons (Fsp3) is 0.875. The maximum absolute atomic E-state index is 10.7. The summed E-state index contributed by atoms with van der Waals surface area (Å²) in [7, 11) is 0. The minimum absolute atomic E-state index is 0.205. The zero-order chi connectivity index (χ0) is 7.78. The maximum Gasteiger partial charge on any atom is 0.131 e. The van der Waals surface area contributed by atoms with Gasteiger partial charge in [0.25, 0.3) is 0 Å². The van der Waals surface area contributed by atoms with Crippen LogP contribution in [0.5, 0.6) is 0 Å². The lowest BCUT2D eigenvalue weighted by Crippen LogP contribution is -2.40. The van der Waals surface area contributed by atoms with Gasteiger partial charge in [0, 0.05) is 12.0 Å². The lowest BCUT2D eigenvalue weighted by Gasteiger charge is -2.22. The first-order valence-corrected chi connectivity index (χ1v) is 3.81. The molecule has 1 saturated carbocycles. The predicted molar refractivity (Wildman–Crippen MR) is 40.6 cm³/mol. The van der Waals surface area contributed by atoms with E-state index in [9.17, 15) is 4.79 Å². The Morgan fingerprint density at radius 2 is 2.20 bits per heavy atom. The summed E-state index contributed by atoms with van der Waals surface area (Å²) in [4.78, 5) is 10.7. The van der Waals surface area contributed by atoms with Gasteiger partial charge in [-0.2, -0.15) is 0 Å². The molecule has 1 unspecified atom stereocenters. The van der Waals surface area contributed by atoms with E-state index in [1.54, 1.807) is 6.92 Å². The quantitative estimate of drug-likeness (QED) is 0.639. The third-order valence-corrected chi connectivity index (χ3v) is 2.14. The topological polar surface area (TPSA) is 43.1 Å². The molecule has 1 aliphatic rings. The molecule has 0 aromatic rings. The molecule has 2 heteroatoms. The van der Waals surface area contributed by atoms with Crippen LogP contribution >= 0.6 is 0 Å². The van der Waals surface area contributed by atoms with Gasteiger partial charge in [-0.1, -0.05) is 0 Å². The van der Waals surface area contributed by atoms with Gasteiger partial charge in [-0.3, -0.25) is 4.79 Å². The Labute approximate surface area is 61.8 Å². The Kier molecular flexibility index (Phi) is 1.82. The molecule has 2 N–H and O–H groups in total. The zero-order valence-electron chi connectivity index (χ0n) is 6.68. The van der Waals surface area contributed by atoms with Crippen molar-refractivity contribution in [2.75, 3.05) is 0 Å². The second-order valence-corrected chi connectivity index (χ2v) is 3.66. The Morgan fingerprint density at radius 1 is 1.70 bits per heavy atom. The number of hydrogen-bond acceptors (Lipinski definition) is 2. The van der Waals surface area contributed by atoms with Crippen LogP contribution in [0.1, 0.15) is 33.1 Å². The molecule has 0 aliphatic heterocycles. The minimum Gasteiger partial charge on any atom is -0.325 e. The second kappa shape index (κ2) is 2.35. The summed E-state index contributed by atoms with van der Waals surface area (Å²) < 4.78 is 0. The Morgan fingerprint density at radius 3 is 2.50 bits per heavy atom. The van der Waals surface area contributed by atoms with Crippen molar-refractivity contribution in [2.24, 2.45) is 11.7 Å². The van der Waals surface area contributed by atoms with Crippen LogP contribution in [0.25, 0.3) is 0 Å². The SMILES string of the molecule is CC(=O)CC(C)(N)C1CC1. The highest BCUT2D eigenvalue weighted by Crippen LogP contribution is 2.39. The third-order valence-electron chi connectivity index (χ3n) is 2.14. The van der Waals surface area contributed by atoms with E-state index >= 15 is 0 Å². The number of rotatable bonds is 3. The van der Waals surface area contributed by atoms with Gasteiger partial charge in [0.1, 0.15) is 5.78 Å². The molecule has 1 atom stereocenters. The molecule has 1 rings (SSSR count). The van der Waals surface area contributed by atoms with E-state index in [4.69, 9.17) is 5.73 Å². The van der Waals surface area contributed by atoms with Gasteiger partial charge < -0.3 is 5.73 Å². The largest absolute Gasteiger partial charge is 0.325 e. The predicted octanol–water partition coefficient (Wildman–Crippen LogP) is 1.09. The van der Waals surface area contributed by atoms with E-state index in [2.05, 4.69) is 0 Å². The van der Waals surface area contributed by atoms with Gasteiger partial charge in [0.2, 0.25) is 0 Å². The average molecular weight is 141 g/mol. The summed E-state index contributed by atoms with van der Waals surface area (Å²) in [6.45, 7) is 3.58. The molecule has 2 nitrogen and oxygen atoms in total. The molecule has 0 bridgehead atoms. The van der Waals surface area contributed by atoms with Gasteiger partial charge >= 0.3 is 0 Å². The fourth-order valence-corrected chi connectivity index (χ4v) is 1.42. The highest BCUT2D eigenvalue weighted by atomic mass is 16.1. The van der Waals surface area contributed by atoms with E-state index in [0.717, 1.165) is 0 Å². The molecular formula is C8H15NO. The number of carbonyl (C=O) groups excluding carboxylic acids is 1. The molecule has 1 aliphatic carbocycles. The van der Waals surface area contributed by atoms with E-state index in [1.165, 1.54) is 12.8 Å². The van der Waals surface area contributed by atoms with Gasteiger partial charge in [-0.25, -0.2) is 0 Å². The van der Waals surface area contributed by atoms with Crippen LogP contribution in [-0.4, -0.2) is 11.3 Å². The average Bonchev–Trinajstić information content (AvgIpc) is 2.35. The summed E-state index contributed by atoms with van der Waals surface area (Å²) in [5.74, 6) is 0.813. The molecule has 0 saturated heterocycles.